The summed E-state index contributed by atoms with van der Waals surface area (Å²) in [5, 5.41) is 9.14. The van der Waals surface area contributed by atoms with E-state index in [4.69, 9.17) is 19.2 Å². The number of piperidine rings is 1. The molecule has 5 nitrogen and oxygen atoms in total. The molecular weight excluding hydrogens is 328 g/mol. The Bertz CT molecular complexity index is 681. The Morgan fingerprint density at radius 2 is 2.08 bits per heavy atom. The van der Waals surface area contributed by atoms with Crippen molar-refractivity contribution in [3.8, 4) is 17.2 Å². The molecule has 1 aromatic heterocycles. The highest BCUT2D eigenvalue weighted by atomic mass is 16.5. The zero-order valence-electron chi connectivity index (χ0n) is 15.9. The highest BCUT2D eigenvalue weighted by Gasteiger charge is 2.24. The molecule has 0 spiro atoms. The number of ether oxygens (including phenoxy) is 1. The van der Waals surface area contributed by atoms with Crippen LogP contribution in [-0.2, 0) is 6.54 Å². The predicted molar refractivity (Wildman–Crippen MR) is 102 cm³/mol. The Labute approximate surface area is 156 Å². The maximum absolute atomic E-state index is 9.14. The van der Waals surface area contributed by atoms with Crippen LogP contribution in [0, 0.1) is 6.92 Å². The zero-order valence-corrected chi connectivity index (χ0v) is 15.9. The van der Waals surface area contributed by atoms with Crippen LogP contribution in [0.25, 0.3) is 11.5 Å². The summed E-state index contributed by atoms with van der Waals surface area (Å²) in [6, 6.07) is 8.43. The predicted octanol–water partition coefficient (Wildman–Crippen LogP) is 4.18. The molecule has 3 rings (SSSR count). The monoisotopic (exact) mass is 358 g/mol. The third-order valence-corrected chi connectivity index (χ3v) is 5.10. The van der Waals surface area contributed by atoms with Gasteiger partial charge in [0.15, 0.2) is 0 Å². The van der Waals surface area contributed by atoms with E-state index in [0.29, 0.717) is 18.5 Å². The van der Waals surface area contributed by atoms with E-state index in [0.717, 1.165) is 48.7 Å². The molecule has 26 heavy (non-hydrogen) atoms. The van der Waals surface area contributed by atoms with Crippen LogP contribution in [-0.4, -0.2) is 40.8 Å². The highest BCUT2D eigenvalue weighted by molar-refractivity contribution is 5.55. The van der Waals surface area contributed by atoms with Gasteiger partial charge in [0.1, 0.15) is 11.5 Å². The molecule has 1 aromatic carbocycles. The topological polar surface area (TPSA) is 58.7 Å². The number of aliphatic hydroxyl groups is 1. The van der Waals surface area contributed by atoms with E-state index in [1.54, 1.807) is 0 Å². The van der Waals surface area contributed by atoms with Gasteiger partial charge in [-0.05, 0) is 70.3 Å². The van der Waals surface area contributed by atoms with Crippen molar-refractivity contribution >= 4 is 0 Å². The molecule has 0 bridgehead atoms. The Morgan fingerprint density at radius 1 is 1.27 bits per heavy atom. The molecule has 0 amide bonds. The largest absolute Gasteiger partial charge is 0.494 e. The number of aryl methyl sites for hydroxylation is 1. The molecule has 1 N–H and O–H groups in total. The van der Waals surface area contributed by atoms with Crippen LogP contribution in [0.3, 0.4) is 0 Å². The van der Waals surface area contributed by atoms with Crippen molar-refractivity contribution in [3.63, 3.8) is 0 Å². The number of nitrogens with zero attached hydrogens (tertiary/aromatic N) is 2. The van der Waals surface area contributed by atoms with Crippen LogP contribution in [0.4, 0.5) is 0 Å². The van der Waals surface area contributed by atoms with E-state index in [2.05, 4.69) is 4.90 Å². The van der Waals surface area contributed by atoms with Crippen LogP contribution in [0.2, 0.25) is 0 Å². The smallest absolute Gasteiger partial charge is 0.226 e. The number of aliphatic hydroxyl groups excluding tert-OH is 1. The van der Waals surface area contributed by atoms with Crippen LogP contribution in [0.5, 0.6) is 5.75 Å². The van der Waals surface area contributed by atoms with Crippen LogP contribution < -0.4 is 4.74 Å². The van der Waals surface area contributed by atoms with Crippen molar-refractivity contribution in [2.24, 2.45) is 0 Å². The SMILES string of the molecule is CCOc1ccc(-c2nc(CN3CCCCC3CCCO)c(C)o2)cc1. The summed E-state index contributed by atoms with van der Waals surface area (Å²) in [5.74, 6) is 2.42. The molecule has 1 fully saturated rings. The summed E-state index contributed by atoms with van der Waals surface area (Å²) in [6.45, 7) is 6.83. The standard InChI is InChI=1S/C21H30N2O3/c1-3-25-19-11-9-17(10-12-19)21-22-20(16(2)26-21)15-23-13-5-4-7-18(23)8-6-14-24/h9-12,18,24H,3-8,13-15H2,1-2H3. The molecule has 5 heteroatoms. The van der Waals surface area contributed by atoms with E-state index in [9.17, 15) is 0 Å². The fraction of sp³-hybridized carbons (Fsp3) is 0.571. The summed E-state index contributed by atoms with van der Waals surface area (Å²) in [5.41, 5.74) is 1.99. The quantitative estimate of drug-likeness (QED) is 0.767. The molecular formula is C21H30N2O3. The first-order valence-corrected chi connectivity index (χ1v) is 9.75. The first-order valence-electron chi connectivity index (χ1n) is 9.75. The van der Waals surface area contributed by atoms with Crippen LogP contribution >= 0.6 is 0 Å². The molecule has 1 unspecified atom stereocenters. The number of rotatable bonds is 8. The van der Waals surface area contributed by atoms with Crippen molar-refractivity contribution < 1.29 is 14.3 Å². The van der Waals surface area contributed by atoms with Crippen molar-refractivity contribution in [1.82, 2.24) is 9.88 Å². The van der Waals surface area contributed by atoms with Crippen molar-refractivity contribution in [3.05, 3.63) is 35.7 Å². The summed E-state index contributed by atoms with van der Waals surface area (Å²) in [7, 11) is 0. The number of oxazole rings is 1. The third kappa shape index (κ3) is 4.65. The van der Waals surface area contributed by atoms with Gasteiger partial charge >= 0.3 is 0 Å². The van der Waals surface area contributed by atoms with Gasteiger partial charge in [0, 0.05) is 24.8 Å². The van der Waals surface area contributed by atoms with Gasteiger partial charge in [0.05, 0.1) is 12.3 Å². The second-order valence-electron chi connectivity index (χ2n) is 6.97. The summed E-state index contributed by atoms with van der Waals surface area (Å²) >= 11 is 0. The second-order valence-corrected chi connectivity index (χ2v) is 6.97. The minimum Gasteiger partial charge on any atom is -0.494 e. The lowest BCUT2D eigenvalue weighted by Crippen LogP contribution is -2.39. The van der Waals surface area contributed by atoms with Gasteiger partial charge in [-0.3, -0.25) is 4.90 Å². The maximum Gasteiger partial charge on any atom is 0.226 e. The number of hydrogen-bond donors (Lipinski definition) is 1. The average Bonchev–Trinajstić information content (AvgIpc) is 3.02. The first kappa shape index (κ1) is 18.9. The van der Waals surface area contributed by atoms with Gasteiger partial charge in [-0.1, -0.05) is 6.42 Å². The van der Waals surface area contributed by atoms with Crippen molar-refractivity contribution in [2.45, 2.75) is 58.5 Å². The normalized spacial score (nSPS) is 18.2. The molecule has 0 saturated carbocycles. The molecule has 1 atom stereocenters. The Balaban J connectivity index is 1.70. The minimum atomic E-state index is 0.273. The van der Waals surface area contributed by atoms with E-state index in [1.165, 1.54) is 19.3 Å². The molecule has 1 saturated heterocycles. The van der Waals surface area contributed by atoms with Gasteiger partial charge < -0.3 is 14.3 Å². The maximum atomic E-state index is 9.14. The highest BCUT2D eigenvalue weighted by Crippen LogP contribution is 2.27. The zero-order chi connectivity index (χ0) is 18.4. The van der Waals surface area contributed by atoms with Crippen molar-refractivity contribution in [1.29, 1.82) is 0 Å². The third-order valence-electron chi connectivity index (χ3n) is 5.10. The fourth-order valence-electron chi connectivity index (χ4n) is 3.67. The molecule has 2 heterocycles. The fourth-order valence-corrected chi connectivity index (χ4v) is 3.67. The van der Waals surface area contributed by atoms with Gasteiger partial charge in [0.2, 0.25) is 5.89 Å². The number of benzene rings is 1. The van der Waals surface area contributed by atoms with Crippen LogP contribution in [0.15, 0.2) is 28.7 Å². The van der Waals surface area contributed by atoms with E-state index in [-0.39, 0.29) is 6.61 Å². The number of likely N-dealkylation sites (tertiary alicyclic amines) is 1. The molecule has 0 radical (unpaired) electrons. The van der Waals surface area contributed by atoms with E-state index >= 15 is 0 Å². The number of hydrogen-bond acceptors (Lipinski definition) is 5. The van der Waals surface area contributed by atoms with Crippen molar-refractivity contribution in [2.75, 3.05) is 19.8 Å². The van der Waals surface area contributed by atoms with E-state index < -0.39 is 0 Å². The van der Waals surface area contributed by atoms with Crippen LogP contribution in [0.1, 0.15) is 50.5 Å². The lowest BCUT2D eigenvalue weighted by atomic mass is 9.98. The van der Waals surface area contributed by atoms with Gasteiger partial charge in [-0.25, -0.2) is 4.98 Å². The Hall–Kier alpha value is -1.85. The summed E-state index contributed by atoms with van der Waals surface area (Å²) < 4.78 is 11.4. The van der Waals surface area contributed by atoms with Gasteiger partial charge in [0.25, 0.3) is 0 Å². The minimum absolute atomic E-state index is 0.273. The van der Waals surface area contributed by atoms with Gasteiger partial charge in [-0.15, -0.1) is 0 Å². The molecule has 142 valence electrons. The first-order chi connectivity index (χ1) is 12.7. The lowest BCUT2D eigenvalue weighted by molar-refractivity contribution is 0.122. The molecule has 2 aromatic rings. The lowest BCUT2D eigenvalue weighted by Gasteiger charge is -2.35. The summed E-state index contributed by atoms with van der Waals surface area (Å²) in [4.78, 5) is 7.27. The molecule has 0 aliphatic carbocycles. The molecule has 1 aliphatic rings. The average molecular weight is 358 g/mol. The second kappa shape index (κ2) is 9.19. The van der Waals surface area contributed by atoms with E-state index in [1.807, 2.05) is 38.1 Å². The Morgan fingerprint density at radius 3 is 2.81 bits per heavy atom. The number of aromatic nitrogens is 1. The Kier molecular flexibility index (Phi) is 6.69. The van der Waals surface area contributed by atoms with Gasteiger partial charge in [-0.2, -0.15) is 0 Å². The molecule has 1 aliphatic heterocycles. The summed E-state index contributed by atoms with van der Waals surface area (Å²) in [6.07, 6.45) is 5.65.